The molecule has 6 N–H and O–H groups in total. The van der Waals surface area contributed by atoms with E-state index in [4.69, 9.17) is 9.47 Å². The van der Waals surface area contributed by atoms with Crippen molar-refractivity contribution in [1.29, 1.82) is 0 Å². The van der Waals surface area contributed by atoms with Crippen LogP contribution in [0.4, 0.5) is 0 Å². The maximum absolute atomic E-state index is 14.6. The topological polar surface area (TPSA) is 208 Å². The van der Waals surface area contributed by atoms with Gasteiger partial charge in [-0.05, 0) is 12.1 Å². The Kier molecular flexibility index (Phi) is 4.30. The van der Waals surface area contributed by atoms with Gasteiger partial charge in [0.2, 0.25) is 0 Å². The van der Waals surface area contributed by atoms with Gasteiger partial charge in [-0.2, -0.15) is 0 Å². The predicted octanol–water partition coefficient (Wildman–Crippen LogP) is 1.10. The van der Waals surface area contributed by atoms with Crippen LogP contribution in [0.25, 0.3) is 11.5 Å². The van der Waals surface area contributed by atoms with E-state index in [-0.39, 0.29) is 33.8 Å². The average molecular weight is 574 g/mol. The van der Waals surface area contributed by atoms with Gasteiger partial charge >= 0.3 is 0 Å². The van der Waals surface area contributed by atoms with E-state index in [2.05, 4.69) is 0 Å². The summed E-state index contributed by atoms with van der Waals surface area (Å²) in [4.78, 5) is 58.2. The van der Waals surface area contributed by atoms with E-state index in [0.29, 0.717) is 0 Å². The molecule has 12 heteroatoms. The maximum Gasteiger partial charge on any atom is 0.175 e. The van der Waals surface area contributed by atoms with Crippen LogP contribution < -0.4 is 9.47 Å². The van der Waals surface area contributed by atoms with E-state index in [1.165, 1.54) is 26.4 Å². The van der Waals surface area contributed by atoms with Crippen molar-refractivity contribution in [1.82, 2.24) is 0 Å². The third-order valence-corrected chi connectivity index (χ3v) is 10.6. The Bertz CT molecular complexity index is 1720. The van der Waals surface area contributed by atoms with Crippen LogP contribution in [0.15, 0.2) is 35.4 Å². The Morgan fingerprint density at radius 2 is 0.976 bits per heavy atom. The van der Waals surface area contributed by atoms with E-state index in [9.17, 15) is 49.8 Å². The third kappa shape index (κ3) is 2.14. The lowest BCUT2D eigenvalue weighted by Crippen LogP contribution is -2.65. The van der Waals surface area contributed by atoms with Crippen LogP contribution in [0.1, 0.15) is 31.8 Å². The lowest BCUT2D eigenvalue weighted by atomic mass is 9.46. The van der Waals surface area contributed by atoms with Crippen LogP contribution in [0.3, 0.4) is 0 Å². The lowest BCUT2D eigenvalue weighted by molar-refractivity contribution is -0.142. The quantitative estimate of drug-likeness (QED) is 0.298. The number of benzene rings is 2. The first kappa shape index (κ1) is 25.1. The van der Waals surface area contributed by atoms with Crippen molar-refractivity contribution in [3.63, 3.8) is 0 Å². The number of Topliss-reactive ketones (excluding diaryl/α,β-unsaturated/α-hetero) is 4. The molecule has 42 heavy (non-hydrogen) atoms. The summed E-state index contributed by atoms with van der Waals surface area (Å²) in [6.07, 6.45) is -3.49. The predicted molar refractivity (Wildman–Crippen MR) is 138 cm³/mol. The van der Waals surface area contributed by atoms with Gasteiger partial charge in [-0.25, -0.2) is 0 Å². The molecule has 6 aliphatic carbocycles. The molecule has 0 unspecified atom stereocenters. The molecule has 214 valence electrons. The number of carbonyl (C=O) groups excluding carboxylic acids is 4. The molecular formula is C30H22O12. The minimum absolute atomic E-state index is 0.0209. The molecule has 2 aromatic carbocycles. The smallest absolute Gasteiger partial charge is 0.175 e. The Balaban J connectivity index is 1.52. The van der Waals surface area contributed by atoms with Gasteiger partial charge in [-0.15, -0.1) is 0 Å². The van der Waals surface area contributed by atoms with Gasteiger partial charge in [0.15, 0.2) is 23.1 Å². The standard InChI is InChI=1S/C30H22O12/c1-41-7-3-9-13(11(31)5-7)21(33)17-25(37)20-23(35)15-16-24(36)19(29(15,17)27(9)39)26(38)18-22(34)14-10(28(40)30(16,18)20)4-8(42-2)6-12(14)32/h3-6,15-16,19-20,23-24,31-36H,1-2H3/t15-,16-,19+,20+,23-,24-,29-,30-/m0/s1. The van der Waals surface area contributed by atoms with Gasteiger partial charge in [-0.3, -0.25) is 19.2 Å². The summed E-state index contributed by atoms with van der Waals surface area (Å²) in [5, 5.41) is 68.2. The Morgan fingerprint density at radius 1 is 0.619 bits per heavy atom. The molecule has 4 bridgehead atoms. The second-order valence-electron chi connectivity index (χ2n) is 11.7. The summed E-state index contributed by atoms with van der Waals surface area (Å²) in [5.74, 6) is -13.1. The zero-order valence-electron chi connectivity index (χ0n) is 21.9. The number of ether oxygens (including phenoxy) is 2. The molecule has 6 aliphatic rings. The molecule has 4 fully saturated rings. The fourth-order valence-corrected chi connectivity index (χ4v) is 9.41. The number of phenols is 2. The number of ketones is 4. The molecule has 0 aromatic heterocycles. The van der Waals surface area contributed by atoms with Crippen LogP contribution in [0, 0.1) is 34.5 Å². The highest BCUT2D eigenvalue weighted by atomic mass is 16.5. The molecule has 8 atom stereocenters. The number of aliphatic hydroxyl groups excluding tert-OH is 4. The first-order valence-electron chi connectivity index (χ1n) is 13.2. The van der Waals surface area contributed by atoms with Crippen molar-refractivity contribution in [2.75, 3.05) is 14.2 Å². The van der Waals surface area contributed by atoms with Crippen LogP contribution >= 0.6 is 0 Å². The second-order valence-corrected chi connectivity index (χ2v) is 11.7. The summed E-state index contributed by atoms with van der Waals surface area (Å²) in [7, 11) is 2.55. The van der Waals surface area contributed by atoms with Gasteiger partial charge in [0, 0.05) is 35.1 Å². The largest absolute Gasteiger partial charge is 0.507 e. The molecule has 0 saturated heterocycles. The minimum Gasteiger partial charge on any atom is -0.507 e. The average Bonchev–Trinajstić information content (AvgIpc) is 3.31. The van der Waals surface area contributed by atoms with Gasteiger partial charge in [0.1, 0.15) is 34.5 Å². The zero-order chi connectivity index (χ0) is 29.9. The summed E-state index contributed by atoms with van der Waals surface area (Å²) >= 11 is 0. The lowest BCUT2D eigenvalue weighted by Gasteiger charge is -2.53. The van der Waals surface area contributed by atoms with E-state index in [1.807, 2.05) is 0 Å². The molecule has 2 spiro atoms. The highest BCUT2D eigenvalue weighted by Crippen LogP contribution is 2.80. The first-order valence-corrected chi connectivity index (χ1v) is 13.2. The maximum atomic E-state index is 14.6. The zero-order valence-corrected chi connectivity index (χ0v) is 21.9. The van der Waals surface area contributed by atoms with Crippen molar-refractivity contribution in [2.24, 2.45) is 34.5 Å². The van der Waals surface area contributed by atoms with Gasteiger partial charge in [0.05, 0.1) is 71.4 Å². The molecule has 0 heterocycles. The number of aliphatic hydroxyl groups is 4. The van der Waals surface area contributed by atoms with E-state index >= 15 is 0 Å². The fourth-order valence-electron chi connectivity index (χ4n) is 9.41. The number of phenolic OH excluding ortho intramolecular Hbond substituents is 2. The van der Waals surface area contributed by atoms with Crippen molar-refractivity contribution in [2.45, 2.75) is 12.2 Å². The second kappa shape index (κ2) is 7.20. The molecule has 12 nitrogen and oxygen atoms in total. The van der Waals surface area contributed by atoms with Crippen LogP contribution in [-0.2, 0) is 9.59 Å². The molecule has 0 amide bonds. The minimum atomic E-state index is -2.33. The van der Waals surface area contributed by atoms with Crippen molar-refractivity contribution < 1.29 is 59.3 Å². The Hall–Kier alpha value is -4.68. The number of aromatic hydroxyl groups is 2. The number of hydrogen-bond acceptors (Lipinski definition) is 12. The molecular weight excluding hydrogens is 552 g/mol. The Labute approximate surface area is 235 Å². The fraction of sp³-hybridized carbons (Fsp3) is 0.333. The number of carbonyl (C=O) groups is 4. The van der Waals surface area contributed by atoms with E-state index < -0.39 is 104 Å². The number of hydrogen-bond donors (Lipinski definition) is 6. The van der Waals surface area contributed by atoms with Crippen molar-refractivity contribution in [3.8, 4) is 23.0 Å². The molecule has 4 saturated carbocycles. The first-order chi connectivity index (χ1) is 19.9. The normalized spacial score (nSPS) is 36.7. The highest BCUT2D eigenvalue weighted by Gasteiger charge is 2.89. The van der Waals surface area contributed by atoms with Gasteiger partial charge in [0.25, 0.3) is 0 Å². The highest BCUT2D eigenvalue weighted by molar-refractivity contribution is 6.30. The number of fused-ring (bicyclic) bond motifs is 4. The summed E-state index contributed by atoms with van der Waals surface area (Å²) in [6, 6.07) is 4.67. The van der Waals surface area contributed by atoms with Gasteiger partial charge in [-0.1, -0.05) is 0 Å². The van der Waals surface area contributed by atoms with Crippen molar-refractivity contribution in [3.05, 3.63) is 57.7 Å². The van der Waals surface area contributed by atoms with E-state index in [1.54, 1.807) is 0 Å². The summed E-state index contributed by atoms with van der Waals surface area (Å²) in [5.41, 5.74) is -7.16. The van der Waals surface area contributed by atoms with Crippen LogP contribution in [0.5, 0.6) is 23.0 Å². The Morgan fingerprint density at radius 3 is 1.31 bits per heavy atom. The SMILES string of the molecule is COc1cc(O)c2c(c1)C(=O)[C@]13C(=C2O)C(=O)[C@H]2[C@@H](O)[C@@H]1[C@H]1[C@H](O)[C@@H]3C(=O)C3=C(O)c4c(O)cc(OC)cc4C(=O)[C@]312. The summed E-state index contributed by atoms with van der Waals surface area (Å²) in [6.45, 7) is 0. The number of methoxy groups -OCH3 is 2. The number of allylic oxidation sites excluding steroid dienone is 2. The molecule has 2 aromatic rings. The molecule has 0 radical (unpaired) electrons. The molecule has 0 aliphatic heterocycles. The monoisotopic (exact) mass is 574 g/mol. The third-order valence-electron chi connectivity index (χ3n) is 10.6. The van der Waals surface area contributed by atoms with E-state index in [0.717, 1.165) is 12.1 Å². The molecule has 8 rings (SSSR count). The number of rotatable bonds is 2. The van der Waals surface area contributed by atoms with Crippen molar-refractivity contribution >= 4 is 34.7 Å². The van der Waals surface area contributed by atoms with Crippen LogP contribution in [-0.4, -0.2) is 80.2 Å². The summed E-state index contributed by atoms with van der Waals surface area (Å²) < 4.78 is 10.3. The van der Waals surface area contributed by atoms with Gasteiger partial charge < -0.3 is 40.1 Å². The van der Waals surface area contributed by atoms with Crippen LogP contribution in [0.2, 0.25) is 0 Å².